The average Bonchev–Trinajstić information content (AvgIpc) is 2.66. The second kappa shape index (κ2) is 12.8. The molecule has 29 heavy (non-hydrogen) atoms. The third-order valence-electron chi connectivity index (χ3n) is 3.73. The van der Waals surface area contributed by atoms with Gasteiger partial charge in [-0.25, -0.2) is 4.99 Å². The van der Waals surface area contributed by atoms with Crippen LogP contribution in [0.4, 0.5) is 0 Å². The lowest BCUT2D eigenvalue weighted by Gasteiger charge is -2.23. The lowest BCUT2D eigenvalue weighted by atomic mass is 10.1. The first-order valence-corrected chi connectivity index (χ1v) is 10.9. The predicted octanol–water partition coefficient (Wildman–Crippen LogP) is 4.34. The quantitative estimate of drug-likeness (QED) is 0.304. The van der Waals surface area contributed by atoms with Gasteiger partial charge in [0.1, 0.15) is 11.4 Å². The lowest BCUT2D eigenvalue weighted by molar-refractivity contribution is 0.129. The van der Waals surface area contributed by atoms with Gasteiger partial charge >= 0.3 is 0 Å². The van der Waals surface area contributed by atoms with Crippen LogP contribution in [0.2, 0.25) is 0 Å². The molecule has 1 atom stereocenters. The van der Waals surface area contributed by atoms with E-state index in [0.29, 0.717) is 24.8 Å². The van der Waals surface area contributed by atoms with Gasteiger partial charge in [-0.15, -0.1) is 24.0 Å². The summed E-state index contributed by atoms with van der Waals surface area (Å²) in [5.74, 6) is 2.08. The molecule has 1 unspecified atom stereocenters. The van der Waals surface area contributed by atoms with Crippen molar-refractivity contribution in [2.45, 2.75) is 44.7 Å². The maximum absolute atomic E-state index is 12.3. The zero-order valence-corrected chi connectivity index (χ0v) is 20.8. The van der Waals surface area contributed by atoms with Crippen LogP contribution in [-0.4, -0.2) is 34.6 Å². The van der Waals surface area contributed by atoms with Crippen molar-refractivity contribution in [2.24, 2.45) is 4.99 Å². The Hall–Kier alpha value is -1.61. The van der Waals surface area contributed by atoms with Gasteiger partial charge in [-0.3, -0.25) is 4.21 Å². The molecule has 5 nitrogen and oxygen atoms in total. The van der Waals surface area contributed by atoms with E-state index < -0.39 is 10.8 Å². The van der Waals surface area contributed by atoms with Crippen molar-refractivity contribution in [3.63, 3.8) is 0 Å². The van der Waals surface area contributed by atoms with Gasteiger partial charge in [0, 0.05) is 29.3 Å². The van der Waals surface area contributed by atoms with E-state index in [1.807, 2.05) is 82.3 Å². The van der Waals surface area contributed by atoms with Crippen LogP contribution in [0, 0.1) is 0 Å². The molecule has 2 aromatic rings. The first-order valence-electron chi connectivity index (χ1n) is 9.61. The molecule has 0 bridgehead atoms. The Kier molecular flexibility index (Phi) is 11.3. The van der Waals surface area contributed by atoms with Crippen molar-refractivity contribution in [3.05, 3.63) is 60.2 Å². The highest BCUT2D eigenvalue weighted by molar-refractivity contribution is 14.0. The van der Waals surface area contributed by atoms with Gasteiger partial charge < -0.3 is 15.4 Å². The summed E-state index contributed by atoms with van der Waals surface area (Å²) in [6.45, 7) is 9.96. The van der Waals surface area contributed by atoms with Gasteiger partial charge in [-0.2, -0.15) is 0 Å². The Morgan fingerprint density at radius 3 is 2.34 bits per heavy atom. The van der Waals surface area contributed by atoms with E-state index in [1.54, 1.807) is 0 Å². The maximum atomic E-state index is 12.3. The molecule has 0 aromatic heterocycles. The molecule has 2 aromatic carbocycles. The Morgan fingerprint density at radius 2 is 1.69 bits per heavy atom. The Morgan fingerprint density at radius 1 is 1.03 bits per heavy atom. The van der Waals surface area contributed by atoms with Crippen LogP contribution in [0.15, 0.2) is 64.5 Å². The molecular formula is C22H32IN3O2S. The number of nitrogens with zero attached hydrogens (tertiary/aromatic N) is 1. The van der Waals surface area contributed by atoms with Crippen LogP contribution in [0.5, 0.6) is 5.75 Å². The molecule has 0 heterocycles. The number of rotatable bonds is 8. The van der Waals surface area contributed by atoms with Gasteiger partial charge in [0.25, 0.3) is 0 Å². The average molecular weight is 529 g/mol. The summed E-state index contributed by atoms with van der Waals surface area (Å²) in [5.41, 5.74) is 0.770. The number of hydrogen-bond acceptors (Lipinski definition) is 3. The molecule has 0 aliphatic rings. The van der Waals surface area contributed by atoms with E-state index in [2.05, 4.69) is 15.6 Å². The summed E-state index contributed by atoms with van der Waals surface area (Å²) in [4.78, 5) is 5.51. The van der Waals surface area contributed by atoms with E-state index in [4.69, 9.17) is 4.74 Å². The molecule has 0 spiro atoms. The van der Waals surface area contributed by atoms with Crippen LogP contribution in [0.3, 0.4) is 0 Å². The third-order valence-corrected chi connectivity index (χ3v) is 5.10. The number of ether oxygens (including phenoxy) is 1. The maximum Gasteiger partial charge on any atom is 0.191 e. The van der Waals surface area contributed by atoms with Crippen molar-refractivity contribution in [1.29, 1.82) is 0 Å². The third kappa shape index (κ3) is 9.62. The van der Waals surface area contributed by atoms with Crippen molar-refractivity contribution < 1.29 is 8.95 Å². The van der Waals surface area contributed by atoms with Crippen LogP contribution in [0.1, 0.15) is 33.3 Å². The molecule has 0 saturated heterocycles. The van der Waals surface area contributed by atoms with Crippen LogP contribution < -0.4 is 15.4 Å². The molecular weight excluding hydrogens is 497 g/mol. The van der Waals surface area contributed by atoms with Gasteiger partial charge in [-0.05, 0) is 45.9 Å². The summed E-state index contributed by atoms with van der Waals surface area (Å²) in [6, 6.07) is 17.5. The van der Waals surface area contributed by atoms with Gasteiger partial charge in [0.2, 0.25) is 0 Å². The molecule has 0 amide bonds. The standard InChI is InChI=1S/C22H31N3O2S.HI/c1-5-23-21(24-15-16-28(26)19-12-7-6-8-13-19)25-17-18-11-9-10-14-20(18)27-22(2,3)4;/h6-14H,5,15-17H2,1-4H3,(H2,23,24,25);1H. The second-order valence-electron chi connectivity index (χ2n) is 7.31. The topological polar surface area (TPSA) is 62.7 Å². The first kappa shape index (κ1) is 25.4. The molecule has 0 saturated carbocycles. The summed E-state index contributed by atoms with van der Waals surface area (Å²) in [6.07, 6.45) is 0. The van der Waals surface area contributed by atoms with Gasteiger partial charge in [0.05, 0.1) is 17.3 Å². The highest BCUT2D eigenvalue weighted by atomic mass is 127. The highest BCUT2D eigenvalue weighted by Crippen LogP contribution is 2.23. The van der Waals surface area contributed by atoms with Crippen LogP contribution in [0.25, 0.3) is 0 Å². The van der Waals surface area contributed by atoms with E-state index in [-0.39, 0.29) is 29.6 Å². The zero-order valence-electron chi connectivity index (χ0n) is 17.6. The Bertz CT molecular complexity index is 792. The Labute approximate surface area is 194 Å². The number of benzene rings is 2. The minimum Gasteiger partial charge on any atom is -0.488 e. The largest absolute Gasteiger partial charge is 0.488 e. The summed E-state index contributed by atoms with van der Waals surface area (Å²) < 4.78 is 18.4. The molecule has 7 heteroatoms. The van der Waals surface area contributed by atoms with E-state index in [9.17, 15) is 4.21 Å². The molecule has 2 N–H and O–H groups in total. The molecule has 0 fully saturated rings. The minimum absolute atomic E-state index is 0. The number of guanidine groups is 1. The number of halogens is 1. The summed E-state index contributed by atoms with van der Waals surface area (Å²) in [7, 11) is -1.02. The summed E-state index contributed by atoms with van der Waals surface area (Å²) >= 11 is 0. The number of nitrogens with one attached hydrogen (secondary N) is 2. The minimum atomic E-state index is -1.02. The predicted molar refractivity (Wildman–Crippen MR) is 133 cm³/mol. The van der Waals surface area contributed by atoms with E-state index in [1.165, 1.54) is 0 Å². The Balaban J connectivity index is 0.00000420. The molecule has 0 aliphatic carbocycles. The van der Waals surface area contributed by atoms with Crippen molar-refractivity contribution in [3.8, 4) is 5.75 Å². The molecule has 0 radical (unpaired) electrons. The van der Waals surface area contributed by atoms with Gasteiger partial charge in [0.15, 0.2) is 5.96 Å². The fraction of sp³-hybridized carbons (Fsp3) is 0.409. The summed E-state index contributed by atoms with van der Waals surface area (Å²) in [5, 5.41) is 6.50. The fourth-order valence-corrected chi connectivity index (χ4v) is 3.51. The monoisotopic (exact) mass is 529 g/mol. The lowest BCUT2D eigenvalue weighted by Crippen LogP contribution is -2.39. The molecule has 160 valence electrons. The molecule has 0 aliphatic heterocycles. The smallest absolute Gasteiger partial charge is 0.191 e. The van der Waals surface area contributed by atoms with E-state index in [0.717, 1.165) is 22.8 Å². The van der Waals surface area contributed by atoms with Crippen LogP contribution >= 0.6 is 24.0 Å². The normalized spacial score (nSPS) is 12.6. The highest BCUT2D eigenvalue weighted by Gasteiger charge is 2.14. The van der Waals surface area contributed by atoms with Crippen molar-refractivity contribution >= 4 is 40.7 Å². The second-order valence-corrected chi connectivity index (χ2v) is 8.88. The number of hydrogen-bond donors (Lipinski definition) is 2. The van der Waals surface area contributed by atoms with Gasteiger partial charge in [-0.1, -0.05) is 36.4 Å². The fourth-order valence-electron chi connectivity index (χ4n) is 2.52. The SMILES string of the molecule is CCNC(=NCc1ccccc1OC(C)(C)C)NCCS(=O)c1ccccc1.I. The zero-order chi connectivity index (χ0) is 20.4. The first-order chi connectivity index (χ1) is 13.4. The van der Waals surface area contributed by atoms with Crippen molar-refractivity contribution in [2.75, 3.05) is 18.8 Å². The van der Waals surface area contributed by atoms with E-state index >= 15 is 0 Å². The van der Waals surface area contributed by atoms with Crippen LogP contribution in [-0.2, 0) is 17.3 Å². The van der Waals surface area contributed by atoms with Crippen molar-refractivity contribution in [1.82, 2.24) is 10.6 Å². The number of para-hydroxylation sites is 1. The number of aliphatic imine (C=N–C) groups is 1. The molecule has 2 rings (SSSR count).